The molecule has 0 aliphatic rings. The van der Waals surface area contributed by atoms with E-state index in [-0.39, 0.29) is 12.2 Å². The number of nitrogens with two attached hydrogens (primary N) is 1. The van der Waals surface area contributed by atoms with Gasteiger partial charge in [0, 0.05) is 6.42 Å². The van der Waals surface area contributed by atoms with E-state index in [4.69, 9.17) is 10.8 Å². The highest BCUT2D eigenvalue weighted by atomic mass is 19.1. The molecule has 0 bridgehead atoms. The molecule has 0 unspecified atom stereocenters. The Balaban J connectivity index is 2.09. The molecular weight excluding hydrogens is 275 g/mol. The number of halogens is 1. The first-order valence-corrected chi connectivity index (χ1v) is 6.59. The molecule has 0 saturated heterocycles. The van der Waals surface area contributed by atoms with Crippen molar-refractivity contribution in [3.8, 4) is 0 Å². The minimum absolute atomic E-state index is 0.289. The second-order valence-corrected chi connectivity index (χ2v) is 4.84. The van der Waals surface area contributed by atoms with Gasteiger partial charge in [-0.25, -0.2) is 14.1 Å². The Morgan fingerprint density at radius 3 is 2.71 bits per heavy atom. The van der Waals surface area contributed by atoms with E-state index >= 15 is 0 Å². The van der Waals surface area contributed by atoms with Gasteiger partial charge in [-0.05, 0) is 31.0 Å². The molecule has 0 aliphatic heterocycles. The fourth-order valence-corrected chi connectivity index (χ4v) is 1.98. The molecule has 6 nitrogen and oxygen atoms in total. The molecule has 21 heavy (non-hydrogen) atoms. The second-order valence-electron chi connectivity index (χ2n) is 4.84. The summed E-state index contributed by atoms with van der Waals surface area (Å²) in [6.45, 7) is 2.22. The van der Waals surface area contributed by atoms with Crippen LogP contribution in [0.4, 0.5) is 4.39 Å². The van der Waals surface area contributed by atoms with Crippen molar-refractivity contribution in [2.24, 2.45) is 5.73 Å². The number of nitrogens with zero attached hydrogens (tertiary/aromatic N) is 3. The number of carbonyl (C=O) groups is 1. The molecule has 0 amide bonds. The molecular formula is C14H17FN4O2. The Morgan fingerprint density at radius 2 is 2.10 bits per heavy atom. The highest BCUT2D eigenvalue weighted by molar-refractivity contribution is 5.72. The van der Waals surface area contributed by atoms with Gasteiger partial charge in [-0.1, -0.05) is 12.1 Å². The lowest BCUT2D eigenvalue weighted by Crippen LogP contribution is -2.30. The van der Waals surface area contributed by atoms with E-state index in [1.807, 2.05) is 0 Å². The zero-order valence-corrected chi connectivity index (χ0v) is 11.7. The average Bonchev–Trinajstić information content (AvgIpc) is 2.78. The highest BCUT2D eigenvalue weighted by Gasteiger charge is 2.14. The topological polar surface area (TPSA) is 94.0 Å². The van der Waals surface area contributed by atoms with Crippen LogP contribution in [0.25, 0.3) is 0 Å². The summed E-state index contributed by atoms with van der Waals surface area (Å²) < 4.78 is 14.6. The van der Waals surface area contributed by atoms with E-state index in [2.05, 4.69) is 10.1 Å². The molecule has 2 aromatic rings. The molecule has 0 fully saturated rings. The van der Waals surface area contributed by atoms with Gasteiger partial charge < -0.3 is 10.8 Å². The van der Waals surface area contributed by atoms with Gasteiger partial charge in [0.1, 0.15) is 23.5 Å². The number of aliphatic carboxylic acids is 1. The predicted molar refractivity (Wildman–Crippen MR) is 74.2 cm³/mol. The van der Waals surface area contributed by atoms with Crippen LogP contribution in [0.5, 0.6) is 0 Å². The van der Waals surface area contributed by atoms with Crippen molar-refractivity contribution in [2.45, 2.75) is 32.4 Å². The quantitative estimate of drug-likeness (QED) is 0.832. The Labute approximate surface area is 121 Å². The summed E-state index contributed by atoms with van der Waals surface area (Å²) in [5.41, 5.74) is 6.39. The monoisotopic (exact) mass is 292 g/mol. The van der Waals surface area contributed by atoms with Crippen LogP contribution in [-0.2, 0) is 17.8 Å². The molecule has 0 saturated carbocycles. The van der Waals surface area contributed by atoms with E-state index in [9.17, 15) is 9.18 Å². The third kappa shape index (κ3) is 4.09. The lowest BCUT2D eigenvalue weighted by atomic mass is 10.1. The van der Waals surface area contributed by atoms with Gasteiger partial charge in [-0.3, -0.25) is 4.79 Å². The van der Waals surface area contributed by atoms with Crippen molar-refractivity contribution >= 4 is 5.97 Å². The zero-order valence-electron chi connectivity index (χ0n) is 11.7. The first-order chi connectivity index (χ1) is 9.95. The number of carboxylic acids is 1. The van der Waals surface area contributed by atoms with E-state index < -0.39 is 12.0 Å². The SMILES string of the molecule is Cc1nc(CC[C@H](N)C(=O)O)n(Cc2ccc(F)cc2)n1. The van der Waals surface area contributed by atoms with E-state index in [1.165, 1.54) is 12.1 Å². The van der Waals surface area contributed by atoms with E-state index in [1.54, 1.807) is 23.7 Å². The second kappa shape index (κ2) is 6.45. The van der Waals surface area contributed by atoms with Gasteiger partial charge in [0.2, 0.25) is 0 Å². The molecule has 1 atom stereocenters. The number of rotatable bonds is 6. The van der Waals surface area contributed by atoms with Crippen LogP contribution in [0.2, 0.25) is 0 Å². The Kier molecular flexibility index (Phi) is 4.64. The molecule has 0 spiro atoms. The number of carboxylic acid groups (broad SMARTS) is 1. The molecule has 0 aliphatic carbocycles. The van der Waals surface area contributed by atoms with Crippen molar-refractivity contribution < 1.29 is 14.3 Å². The number of aromatic nitrogens is 3. The van der Waals surface area contributed by atoms with E-state index in [0.29, 0.717) is 24.6 Å². The lowest BCUT2D eigenvalue weighted by Gasteiger charge is -2.08. The van der Waals surface area contributed by atoms with Crippen LogP contribution in [0.3, 0.4) is 0 Å². The summed E-state index contributed by atoms with van der Waals surface area (Å²) in [7, 11) is 0. The summed E-state index contributed by atoms with van der Waals surface area (Å²) in [4.78, 5) is 15.0. The average molecular weight is 292 g/mol. The maximum Gasteiger partial charge on any atom is 0.320 e. The number of benzene rings is 1. The lowest BCUT2D eigenvalue weighted by molar-refractivity contribution is -0.138. The third-order valence-electron chi connectivity index (χ3n) is 3.10. The third-order valence-corrected chi connectivity index (χ3v) is 3.10. The molecule has 1 aromatic heterocycles. The minimum Gasteiger partial charge on any atom is -0.480 e. The van der Waals surface area contributed by atoms with Crippen molar-refractivity contribution in [1.82, 2.24) is 14.8 Å². The Hall–Kier alpha value is -2.28. The van der Waals surface area contributed by atoms with Gasteiger partial charge in [-0.2, -0.15) is 5.10 Å². The predicted octanol–water partition coefficient (Wildman–Crippen LogP) is 1.12. The number of hydrogen-bond acceptors (Lipinski definition) is 4. The van der Waals surface area contributed by atoms with Gasteiger partial charge in [0.25, 0.3) is 0 Å². The van der Waals surface area contributed by atoms with Crippen LogP contribution in [0.1, 0.15) is 23.6 Å². The van der Waals surface area contributed by atoms with Gasteiger partial charge in [-0.15, -0.1) is 0 Å². The first kappa shape index (κ1) is 15.1. The maximum absolute atomic E-state index is 12.9. The number of hydrogen-bond donors (Lipinski definition) is 2. The standard InChI is InChI=1S/C14H17FN4O2/c1-9-17-13(7-6-12(16)14(20)21)19(18-9)8-10-2-4-11(15)5-3-10/h2-5,12H,6-8,16H2,1H3,(H,20,21)/t12-/m0/s1. The first-order valence-electron chi connectivity index (χ1n) is 6.59. The van der Waals surface area contributed by atoms with Crippen LogP contribution in [0, 0.1) is 12.7 Å². The van der Waals surface area contributed by atoms with Crippen molar-refractivity contribution in [1.29, 1.82) is 0 Å². The minimum atomic E-state index is -1.03. The zero-order chi connectivity index (χ0) is 15.4. The Bertz CT molecular complexity index is 624. The van der Waals surface area contributed by atoms with Crippen molar-refractivity contribution in [2.75, 3.05) is 0 Å². The summed E-state index contributed by atoms with van der Waals surface area (Å²) in [5, 5.41) is 13.1. The molecule has 0 radical (unpaired) electrons. The van der Waals surface area contributed by atoms with Gasteiger partial charge >= 0.3 is 5.97 Å². The fourth-order valence-electron chi connectivity index (χ4n) is 1.98. The normalized spacial score (nSPS) is 12.3. The maximum atomic E-state index is 12.9. The van der Waals surface area contributed by atoms with Crippen LogP contribution in [0.15, 0.2) is 24.3 Å². The molecule has 7 heteroatoms. The summed E-state index contributed by atoms with van der Waals surface area (Å²) in [5.74, 6) is -0.0398. The van der Waals surface area contributed by atoms with Gasteiger partial charge in [0.15, 0.2) is 0 Å². The van der Waals surface area contributed by atoms with Crippen LogP contribution in [-0.4, -0.2) is 31.9 Å². The summed E-state index contributed by atoms with van der Waals surface area (Å²) >= 11 is 0. The molecule has 112 valence electrons. The van der Waals surface area contributed by atoms with Crippen LogP contribution < -0.4 is 5.73 Å². The molecule has 1 aromatic carbocycles. The molecule has 2 rings (SSSR count). The molecule has 3 N–H and O–H groups in total. The fraction of sp³-hybridized carbons (Fsp3) is 0.357. The Morgan fingerprint density at radius 1 is 1.43 bits per heavy atom. The smallest absolute Gasteiger partial charge is 0.320 e. The molecule has 1 heterocycles. The van der Waals surface area contributed by atoms with Crippen LogP contribution >= 0.6 is 0 Å². The van der Waals surface area contributed by atoms with Crippen molar-refractivity contribution in [3.63, 3.8) is 0 Å². The summed E-state index contributed by atoms with van der Waals surface area (Å²) in [6.07, 6.45) is 0.715. The van der Waals surface area contributed by atoms with Gasteiger partial charge in [0.05, 0.1) is 6.54 Å². The largest absolute Gasteiger partial charge is 0.480 e. The number of aryl methyl sites for hydroxylation is 2. The van der Waals surface area contributed by atoms with Crippen molar-refractivity contribution in [3.05, 3.63) is 47.3 Å². The van der Waals surface area contributed by atoms with E-state index in [0.717, 1.165) is 5.56 Å². The highest BCUT2D eigenvalue weighted by Crippen LogP contribution is 2.09. The summed E-state index contributed by atoms with van der Waals surface area (Å²) in [6, 6.07) is 5.22.